The number of amides is 1. The van der Waals surface area contributed by atoms with Gasteiger partial charge in [0.15, 0.2) is 11.5 Å². The van der Waals surface area contributed by atoms with Crippen molar-refractivity contribution in [3.8, 4) is 34.5 Å². The fraction of sp³-hybridized carbons (Fsp3) is 0.156. The Hall–Kier alpha value is -5.16. The maximum Gasteiger partial charge on any atom is 0.349 e. The van der Waals surface area contributed by atoms with Gasteiger partial charge in [-0.3, -0.25) is 9.36 Å². The number of methoxy groups -OCH3 is 1. The highest BCUT2D eigenvalue weighted by Gasteiger charge is 2.18. The molecule has 0 atom stereocenters. The van der Waals surface area contributed by atoms with Crippen LogP contribution in [0.1, 0.15) is 38.5 Å². The summed E-state index contributed by atoms with van der Waals surface area (Å²) in [5.74, 6) is 2.32. The minimum absolute atomic E-state index is 0.0919. The van der Waals surface area contributed by atoms with Crippen LogP contribution in [0.3, 0.4) is 0 Å². The number of nitrogens with zero attached hydrogens (tertiary/aromatic N) is 3. The second-order valence-electron chi connectivity index (χ2n) is 10.0. The minimum Gasteiger partial charge on any atom is -0.493 e. The molecular formula is C32H31N4O8P. The van der Waals surface area contributed by atoms with Crippen LogP contribution in [-0.4, -0.2) is 37.6 Å². The van der Waals surface area contributed by atoms with Gasteiger partial charge in [0.2, 0.25) is 17.7 Å². The van der Waals surface area contributed by atoms with Crippen molar-refractivity contribution < 1.29 is 37.8 Å². The summed E-state index contributed by atoms with van der Waals surface area (Å²) in [5, 5.41) is 4.47. The van der Waals surface area contributed by atoms with E-state index < -0.39 is 13.5 Å². The van der Waals surface area contributed by atoms with Crippen LogP contribution in [0.25, 0.3) is 23.2 Å². The highest BCUT2D eigenvalue weighted by molar-refractivity contribution is 7.55. The molecule has 45 heavy (non-hydrogen) atoms. The molecule has 12 nitrogen and oxygen atoms in total. The van der Waals surface area contributed by atoms with Crippen LogP contribution in [0.15, 0.2) is 83.2 Å². The Bertz CT molecular complexity index is 1910. The molecule has 0 spiro atoms. The third-order valence-electron chi connectivity index (χ3n) is 6.87. The Kier molecular flexibility index (Phi) is 9.19. The smallest absolute Gasteiger partial charge is 0.349 e. The normalized spacial score (nSPS) is 11.6. The van der Waals surface area contributed by atoms with Crippen LogP contribution >= 0.6 is 7.60 Å². The molecule has 2 aromatic heterocycles. The van der Waals surface area contributed by atoms with Gasteiger partial charge in [-0.2, -0.15) is 0 Å². The van der Waals surface area contributed by atoms with E-state index in [0.29, 0.717) is 51.1 Å². The van der Waals surface area contributed by atoms with Crippen LogP contribution in [-0.2, 0) is 17.8 Å². The zero-order chi connectivity index (χ0) is 32.1. The standard InChI is InChI=1S/C32H31N4O8P/c1-20-25(30(33)37)10-7-11-26(20)32-34-27(21(2)44-32)19-42-28-13-12-22(16-29(28)41-3)18-43-31-23(14-15-45(38,39)40)17-36(35-31)24-8-5-4-6-9-24/h4-17H,18-19H2,1-3H3,(H2,33,37)(H2,38,39,40)/b15-14+. The van der Waals surface area contributed by atoms with Crippen molar-refractivity contribution in [3.05, 3.63) is 112 Å². The predicted octanol–water partition coefficient (Wildman–Crippen LogP) is 5.56. The van der Waals surface area contributed by atoms with E-state index in [2.05, 4.69) is 10.1 Å². The Balaban J connectivity index is 1.30. The zero-order valence-electron chi connectivity index (χ0n) is 24.7. The summed E-state index contributed by atoms with van der Waals surface area (Å²) < 4.78 is 36.4. The summed E-state index contributed by atoms with van der Waals surface area (Å²) >= 11 is 0. The molecule has 0 saturated carbocycles. The Morgan fingerprint density at radius 2 is 1.80 bits per heavy atom. The van der Waals surface area contributed by atoms with Crippen LogP contribution in [0.2, 0.25) is 0 Å². The topological polar surface area (TPSA) is 172 Å². The van der Waals surface area contributed by atoms with Crippen LogP contribution in [0, 0.1) is 13.8 Å². The van der Waals surface area contributed by atoms with Crippen LogP contribution < -0.4 is 19.9 Å². The number of rotatable bonds is 12. The molecule has 0 fully saturated rings. The molecule has 0 aliphatic rings. The molecule has 232 valence electrons. The van der Waals surface area contributed by atoms with Crippen molar-refractivity contribution in [2.24, 2.45) is 5.73 Å². The van der Waals surface area contributed by atoms with E-state index >= 15 is 0 Å². The second-order valence-corrected chi connectivity index (χ2v) is 11.5. The van der Waals surface area contributed by atoms with E-state index in [4.69, 9.17) is 24.4 Å². The lowest BCUT2D eigenvalue weighted by atomic mass is 10.0. The van der Waals surface area contributed by atoms with Crippen LogP contribution in [0.4, 0.5) is 0 Å². The van der Waals surface area contributed by atoms with Crippen molar-refractivity contribution in [3.63, 3.8) is 0 Å². The van der Waals surface area contributed by atoms with Crippen molar-refractivity contribution in [1.82, 2.24) is 14.8 Å². The Morgan fingerprint density at radius 3 is 2.51 bits per heavy atom. The summed E-state index contributed by atoms with van der Waals surface area (Å²) in [6, 6.07) is 19.8. The van der Waals surface area contributed by atoms with Crippen molar-refractivity contribution in [2.75, 3.05) is 7.11 Å². The minimum atomic E-state index is -4.39. The molecule has 5 rings (SSSR count). The molecule has 4 N–H and O–H groups in total. The van der Waals surface area contributed by atoms with Gasteiger partial charge in [0.05, 0.1) is 18.4 Å². The zero-order valence-corrected chi connectivity index (χ0v) is 25.6. The number of carbonyl (C=O) groups is 1. The highest BCUT2D eigenvalue weighted by atomic mass is 31.2. The first kappa shape index (κ1) is 31.3. The van der Waals surface area contributed by atoms with Gasteiger partial charge in [0, 0.05) is 23.1 Å². The van der Waals surface area contributed by atoms with Gasteiger partial charge in [0.25, 0.3) is 0 Å². The lowest BCUT2D eigenvalue weighted by Gasteiger charge is -2.12. The number of aromatic nitrogens is 3. The maximum absolute atomic E-state index is 11.8. The van der Waals surface area contributed by atoms with E-state index in [9.17, 15) is 19.1 Å². The van der Waals surface area contributed by atoms with Gasteiger partial charge in [-0.15, -0.1) is 5.10 Å². The molecular weight excluding hydrogens is 599 g/mol. The maximum atomic E-state index is 11.8. The molecule has 5 aromatic rings. The number of ether oxygens (including phenoxy) is 3. The number of primary amides is 1. The molecule has 3 aromatic carbocycles. The SMILES string of the molecule is COc1cc(COc2nn(-c3ccccc3)cc2/C=C/P(=O)(O)O)ccc1OCc1nc(-c2cccc(C(N)=O)c2C)oc1C. The Morgan fingerprint density at radius 1 is 1.02 bits per heavy atom. The summed E-state index contributed by atoms with van der Waals surface area (Å²) in [6.07, 6.45) is 2.91. The van der Waals surface area contributed by atoms with Gasteiger partial charge >= 0.3 is 7.60 Å². The van der Waals surface area contributed by atoms with E-state index in [1.54, 1.807) is 55.1 Å². The monoisotopic (exact) mass is 630 g/mol. The molecule has 0 aliphatic heterocycles. The average molecular weight is 631 g/mol. The lowest BCUT2D eigenvalue weighted by Crippen LogP contribution is -2.12. The van der Waals surface area contributed by atoms with E-state index in [1.165, 1.54) is 13.2 Å². The summed E-state index contributed by atoms with van der Waals surface area (Å²) in [6.45, 7) is 3.76. The molecule has 0 bridgehead atoms. The number of nitrogens with two attached hydrogens (primary N) is 1. The summed E-state index contributed by atoms with van der Waals surface area (Å²) in [7, 11) is -2.87. The van der Waals surface area contributed by atoms with E-state index in [1.807, 2.05) is 36.4 Å². The number of hydrogen-bond donors (Lipinski definition) is 3. The molecule has 0 aliphatic carbocycles. The molecule has 0 unspecified atom stereocenters. The van der Waals surface area contributed by atoms with Gasteiger partial charge in [0.1, 0.15) is 24.7 Å². The first-order valence-corrected chi connectivity index (χ1v) is 15.4. The largest absolute Gasteiger partial charge is 0.493 e. The van der Waals surface area contributed by atoms with E-state index in [-0.39, 0.29) is 19.1 Å². The van der Waals surface area contributed by atoms with Crippen LogP contribution in [0.5, 0.6) is 17.4 Å². The molecule has 1 amide bonds. The molecule has 0 radical (unpaired) electrons. The van der Waals surface area contributed by atoms with Gasteiger partial charge in [-0.25, -0.2) is 9.67 Å². The predicted molar refractivity (Wildman–Crippen MR) is 166 cm³/mol. The van der Waals surface area contributed by atoms with Gasteiger partial charge in [-0.05, 0) is 67.4 Å². The fourth-order valence-electron chi connectivity index (χ4n) is 4.52. The molecule has 13 heteroatoms. The molecule has 0 saturated heterocycles. The number of benzene rings is 3. The summed E-state index contributed by atoms with van der Waals surface area (Å²) in [5.41, 5.74) is 9.69. The average Bonchev–Trinajstić information content (AvgIpc) is 3.60. The number of carbonyl (C=O) groups excluding carboxylic acids is 1. The van der Waals surface area contributed by atoms with Gasteiger partial charge < -0.3 is 34.1 Å². The quantitative estimate of drug-likeness (QED) is 0.148. The fourth-order valence-corrected chi connectivity index (χ4v) is 4.87. The van der Waals surface area contributed by atoms with Crippen molar-refractivity contribution in [2.45, 2.75) is 27.1 Å². The third kappa shape index (κ3) is 7.50. The van der Waals surface area contributed by atoms with Crippen molar-refractivity contribution >= 4 is 19.6 Å². The Labute approximate surface area is 258 Å². The molecule has 2 heterocycles. The third-order valence-corrected chi connectivity index (χ3v) is 7.40. The first-order valence-electron chi connectivity index (χ1n) is 13.7. The number of oxazole rings is 1. The number of hydrogen-bond acceptors (Lipinski definition) is 8. The van der Waals surface area contributed by atoms with Gasteiger partial charge in [-0.1, -0.05) is 30.3 Å². The highest BCUT2D eigenvalue weighted by Crippen LogP contribution is 2.38. The van der Waals surface area contributed by atoms with E-state index in [0.717, 1.165) is 17.1 Å². The second kappa shape index (κ2) is 13.2. The summed E-state index contributed by atoms with van der Waals surface area (Å²) in [4.78, 5) is 35.0. The number of aryl methyl sites for hydroxylation is 1. The van der Waals surface area contributed by atoms with Crippen molar-refractivity contribution in [1.29, 1.82) is 0 Å². The lowest BCUT2D eigenvalue weighted by molar-refractivity contribution is 0.0999. The first-order chi connectivity index (χ1) is 21.5. The number of para-hydroxylation sites is 1.